The number of piperidine rings is 1. The number of sulfonamides is 1. The van der Waals surface area contributed by atoms with Crippen molar-refractivity contribution >= 4 is 44.1 Å². The van der Waals surface area contributed by atoms with Crippen LogP contribution >= 0.6 is 11.3 Å². The second kappa shape index (κ2) is 9.39. The van der Waals surface area contributed by atoms with Crippen LogP contribution in [0.3, 0.4) is 0 Å². The van der Waals surface area contributed by atoms with E-state index in [1.807, 2.05) is 0 Å². The molecule has 3 amide bonds. The molecule has 5 heterocycles. The summed E-state index contributed by atoms with van der Waals surface area (Å²) in [6.07, 6.45) is 3.80. The van der Waals surface area contributed by atoms with E-state index in [2.05, 4.69) is 15.8 Å². The predicted octanol–water partition coefficient (Wildman–Crippen LogP) is 2.75. The maximum absolute atomic E-state index is 13.4. The second-order valence-electron chi connectivity index (χ2n) is 9.60. The molecular formula is C25H25N5O7S2. The number of methoxy groups -OCH3 is 1. The Kier molecular flexibility index (Phi) is 6.12. The quantitative estimate of drug-likeness (QED) is 0.286. The molecule has 12 nitrogen and oxygen atoms in total. The number of amides is 3. The standard InChI is InChI=1S/C25H25N5O7S2/c1-36-17-2-3-18-15(12-17)13-29(22(18)31)14-25(23(32)26-24(33)27-25)16-6-9-30(10-7-16)39(34,35)21-5-4-20(38-21)19-8-11-37-28-19/h2-5,8,11-13,16,31H,6-7,9-10,14H2,1H3,(H2,26,27,32,33). The van der Waals surface area contributed by atoms with Crippen LogP contribution < -0.4 is 15.4 Å². The normalized spacial score (nSPS) is 20.8. The lowest BCUT2D eigenvalue weighted by Gasteiger charge is -2.40. The highest BCUT2D eigenvalue weighted by Gasteiger charge is 2.53. The fourth-order valence-electron chi connectivity index (χ4n) is 5.44. The number of fused-ring (bicyclic) bond motifs is 1. The molecule has 0 radical (unpaired) electrons. The van der Waals surface area contributed by atoms with Gasteiger partial charge in [0.1, 0.15) is 27.5 Å². The molecule has 0 bridgehead atoms. The predicted molar refractivity (Wildman–Crippen MR) is 141 cm³/mol. The number of carbonyl (C=O) groups is 2. The third-order valence-electron chi connectivity index (χ3n) is 7.47. The molecule has 4 aromatic rings. The number of thiophene rings is 1. The molecule has 2 saturated heterocycles. The number of nitrogens with zero attached hydrogens (tertiary/aromatic N) is 3. The minimum atomic E-state index is -3.76. The SMILES string of the molecule is COc1ccc2c(O)n(CC3(C4CCN(S(=O)(=O)c5ccc(-c6ccon6)s5)CC4)NC(=O)NC3=O)cc2c1. The van der Waals surface area contributed by atoms with Gasteiger partial charge >= 0.3 is 6.03 Å². The first-order valence-electron chi connectivity index (χ1n) is 12.2. The summed E-state index contributed by atoms with van der Waals surface area (Å²) < 4.78 is 40.0. The number of nitrogens with one attached hydrogen (secondary N) is 2. The molecule has 0 saturated carbocycles. The third kappa shape index (κ3) is 4.24. The number of carbonyl (C=O) groups excluding carboxylic acids is 2. The van der Waals surface area contributed by atoms with Crippen LogP contribution in [0.25, 0.3) is 21.3 Å². The van der Waals surface area contributed by atoms with Crippen LogP contribution in [0.15, 0.2) is 57.6 Å². The molecule has 1 unspecified atom stereocenters. The summed E-state index contributed by atoms with van der Waals surface area (Å²) in [4.78, 5) is 26.2. The maximum Gasteiger partial charge on any atom is 0.322 e. The summed E-state index contributed by atoms with van der Waals surface area (Å²) in [6, 6.07) is 9.51. The van der Waals surface area contributed by atoms with Gasteiger partial charge in [-0.1, -0.05) is 5.16 Å². The summed E-state index contributed by atoms with van der Waals surface area (Å²) in [6.45, 7) is 0.328. The van der Waals surface area contributed by atoms with Crippen LogP contribution in [0.2, 0.25) is 0 Å². The van der Waals surface area contributed by atoms with Gasteiger partial charge in [0.15, 0.2) is 5.88 Å². The van der Waals surface area contributed by atoms with Crippen molar-refractivity contribution in [2.24, 2.45) is 5.92 Å². The van der Waals surface area contributed by atoms with Crippen molar-refractivity contribution in [2.75, 3.05) is 20.2 Å². The average molecular weight is 572 g/mol. The Balaban J connectivity index is 1.24. The van der Waals surface area contributed by atoms with Crippen molar-refractivity contribution in [3.05, 3.63) is 48.9 Å². The molecule has 2 fully saturated rings. The van der Waals surface area contributed by atoms with Gasteiger partial charge in [-0.15, -0.1) is 11.3 Å². The average Bonchev–Trinajstić information content (AvgIpc) is 3.72. The number of benzene rings is 1. The number of rotatable bonds is 7. The van der Waals surface area contributed by atoms with Gasteiger partial charge in [0.25, 0.3) is 15.9 Å². The molecule has 1 aromatic carbocycles. The summed E-state index contributed by atoms with van der Waals surface area (Å²) in [5.74, 6) is -0.293. The van der Waals surface area contributed by atoms with Crippen molar-refractivity contribution in [3.63, 3.8) is 0 Å². The van der Waals surface area contributed by atoms with Gasteiger partial charge < -0.3 is 24.3 Å². The fraction of sp³-hybridized carbons (Fsp3) is 0.320. The van der Waals surface area contributed by atoms with E-state index in [9.17, 15) is 23.1 Å². The van der Waals surface area contributed by atoms with E-state index in [4.69, 9.17) is 9.26 Å². The monoisotopic (exact) mass is 571 g/mol. The van der Waals surface area contributed by atoms with Gasteiger partial charge in [0.2, 0.25) is 0 Å². The van der Waals surface area contributed by atoms with Crippen LogP contribution in [0.5, 0.6) is 11.6 Å². The number of hydrogen-bond donors (Lipinski definition) is 3. The molecule has 3 aromatic heterocycles. The van der Waals surface area contributed by atoms with Gasteiger partial charge in [-0.05, 0) is 49.1 Å². The van der Waals surface area contributed by atoms with E-state index in [-0.39, 0.29) is 35.6 Å². The molecule has 6 rings (SSSR count). The third-order valence-corrected chi connectivity index (χ3v) is 10.9. The van der Waals surface area contributed by atoms with Crippen molar-refractivity contribution in [3.8, 4) is 22.2 Å². The van der Waals surface area contributed by atoms with Gasteiger partial charge in [-0.25, -0.2) is 13.2 Å². The second-order valence-corrected chi connectivity index (χ2v) is 12.8. The number of aromatic hydroxyl groups is 1. The van der Waals surface area contributed by atoms with E-state index in [1.165, 1.54) is 15.1 Å². The minimum Gasteiger partial charge on any atom is -0.497 e. The van der Waals surface area contributed by atoms with Gasteiger partial charge in [-0.2, -0.15) is 4.31 Å². The Morgan fingerprint density at radius 3 is 2.67 bits per heavy atom. The first-order chi connectivity index (χ1) is 18.7. The molecule has 0 spiro atoms. The number of ether oxygens (including phenoxy) is 1. The maximum atomic E-state index is 13.4. The zero-order chi connectivity index (χ0) is 27.4. The topological polar surface area (TPSA) is 156 Å². The van der Waals surface area contributed by atoms with Gasteiger partial charge in [0.05, 0.1) is 18.5 Å². The lowest BCUT2D eigenvalue weighted by atomic mass is 9.77. The Bertz CT molecular complexity index is 1670. The van der Waals surface area contributed by atoms with Crippen LogP contribution in [0, 0.1) is 5.92 Å². The van der Waals surface area contributed by atoms with E-state index in [0.29, 0.717) is 39.9 Å². The molecule has 1 atom stereocenters. The lowest BCUT2D eigenvalue weighted by molar-refractivity contribution is -0.127. The first-order valence-corrected chi connectivity index (χ1v) is 14.5. The first kappa shape index (κ1) is 25.4. The highest BCUT2D eigenvalue weighted by atomic mass is 32.2. The smallest absolute Gasteiger partial charge is 0.322 e. The van der Waals surface area contributed by atoms with Gasteiger partial charge in [-0.3, -0.25) is 10.1 Å². The molecule has 3 N–H and O–H groups in total. The summed E-state index contributed by atoms with van der Waals surface area (Å²) in [5.41, 5.74) is -0.795. The molecule has 39 heavy (non-hydrogen) atoms. The van der Waals surface area contributed by atoms with Crippen molar-refractivity contribution < 1.29 is 32.4 Å². The van der Waals surface area contributed by atoms with Crippen LogP contribution in [-0.2, 0) is 21.4 Å². The zero-order valence-corrected chi connectivity index (χ0v) is 22.4. The highest BCUT2D eigenvalue weighted by Crippen LogP contribution is 2.38. The summed E-state index contributed by atoms with van der Waals surface area (Å²) in [5, 5.41) is 21.2. The Hall–Kier alpha value is -3.88. The molecule has 2 aliphatic heterocycles. The summed E-state index contributed by atoms with van der Waals surface area (Å²) >= 11 is 1.11. The highest BCUT2D eigenvalue weighted by molar-refractivity contribution is 7.91. The van der Waals surface area contributed by atoms with Crippen LogP contribution in [0.4, 0.5) is 4.79 Å². The number of urea groups is 1. The molecule has 2 aliphatic rings. The van der Waals surface area contributed by atoms with E-state index < -0.39 is 27.5 Å². The van der Waals surface area contributed by atoms with Gasteiger partial charge in [0, 0.05) is 36.1 Å². The molecule has 14 heteroatoms. The van der Waals surface area contributed by atoms with Crippen LogP contribution in [-0.4, -0.2) is 65.2 Å². The Labute approximate surface area is 227 Å². The molecule has 204 valence electrons. The summed E-state index contributed by atoms with van der Waals surface area (Å²) in [7, 11) is -2.22. The number of imide groups is 1. The van der Waals surface area contributed by atoms with Crippen LogP contribution in [0.1, 0.15) is 12.8 Å². The zero-order valence-electron chi connectivity index (χ0n) is 20.8. The Morgan fingerprint density at radius 2 is 2.00 bits per heavy atom. The molecular weight excluding hydrogens is 546 g/mol. The van der Waals surface area contributed by atoms with Crippen molar-refractivity contribution in [1.29, 1.82) is 0 Å². The number of aromatic nitrogens is 2. The Morgan fingerprint density at radius 1 is 1.21 bits per heavy atom. The minimum absolute atomic E-state index is 0.0171. The van der Waals surface area contributed by atoms with E-state index in [0.717, 1.165) is 11.3 Å². The lowest BCUT2D eigenvalue weighted by Crippen LogP contribution is -2.58. The fourth-order valence-corrected chi connectivity index (χ4v) is 8.33. The van der Waals surface area contributed by atoms with Crippen molar-refractivity contribution in [1.82, 2.24) is 24.7 Å². The largest absolute Gasteiger partial charge is 0.497 e. The van der Waals surface area contributed by atoms with Crippen molar-refractivity contribution in [2.45, 2.75) is 29.1 Å². The molecule has 0 aliphatic carbocycles. The number of hydrogen-bond acceptors (Lipinski definition) is 9. The van der Waals surface area contributed by atoms with E-state index >= 15 is 0 Å². The van der Waals surface area contributed by atoms with E-state index in [1.54, 1.807) is 49.7 Å².